The van der Waals surface area contributed by atoms with Crippen LogP contribution in [0.1, 0.15) is 39.7 Å². The second kappa shape index (κ2) is 7.89. The number of amides is 2. The molecule has 1 saturated heterocycles. The van der Waals surface area contributed by atoms with E-state index in [0.29, 0.717) is 5.69 Å². The molecule has 0 saturated carbocycles. The van der Waals surface area contributed by atoms with Gasteiger partial charge in [-0.15, -0.1) is 17.5 Å². The van der Waals surface area contributed by atoms with Crippen LogP contribution in [0.25, 0.3) is 0 Å². The number of nitrogens with zero attached hydrogens (tertiary/aromatic N) is 3. The summed E-state index contributed by atoms with van der Waals surface area (Å²) in [6.07, 6.45) is 3.54. The highest BCUT2D eigenvalue weighted by Crippen LogP contribution is 2.18. The molecule has 4 N–H and O–H groups in total. The number of hydrogen-bond donors (Lipinski definition) is 3. The van der Waals surface area contributed by atoms with Crippen LogP contribution in [-0.4, -0.2) is 39.9 Å². The number of nitrogens with two attached hydrogens (primary N) is 1. The number of piperidine rings is 1. The zero-order valence-corrected chi connectivity index (χ0v) is 13.8. The number of carbonyl (C=O) groups is 2. The molecular formula is C15H19ClN6O2. The van der Waals surface area contributed by atoms with Crippen molar-refractivity contribution in [3.63, 3.8) is 0 Å². The highest BCUT2D eigenvalue weighted by atomic mass is 35.5. The number of anilines is 1. The Hall–Kier alpha value is -2.45. The van der Waals surface area contributed by atoms with Gasteiger partial charge >= 0.3 is 0 Å². The van der Waals surface area contributed by atoms with Crippen LogP contribution >= 0.6 is 12.4 Å². The van der Waals surface area contributed by atoms with Gasteiger partial charge < -0.3 is 16.4 Å². The molecule has 9 heteroatoms. The smallest absolute Gasteiger partial charge is 0.277 e. The van der Waals surface area contributed by atoms with Crippen LogP contribution in [0.15, 0.2) is 30.5 Å². The number of carbonyl (C=O) groups excluding carboxylic acids is 2. The van der Waals surface area contributed by atoms with E-state index in [1.165, 1.54) is 0 Å². The van der Waals surface area contributed by atoms with Crippen molar-refractivity contribution in [2.75, 3.05) is 18.4 Å². The van der Waals surface area contributed by atoms with E-state index in [4.69, 9.17) is 5.73 Å². The predicted octanol–water partition coefficient (Wildman–Crippen LogP) is 0.976. The number of benzene rings is 1. The first-order valence-corrected chi connectivity index (χ1v) is 7.48. The van der Waals surface area contributed by atoms with E-state index in [1.54, 1.807) is 35.1 Å². The second-order valence-electron chi connectivity index (χ2n) is 5.43. The van der Waals surface area contributed by atoms with E-state index in [2.05, 4.69) is 20.9 Å². The standard InChI is InChI=1S/C15H18N6O2.ClH/c16-14(22)11-3-1-2-4-12(11)18-15(23)13-9-21(20-19-13)10-5-7-17-8-6-10;/h1-4,9-10,17H,5-8H2,(H2,16,22)(H,18,23);1H. The molecule has 0 spiro atoms. The molecule has 1 aromatic heterocycles. The molecule has 3 rings (SSSR count). The number of rotatable bonds is 4. The van der Waals surface area contributed by atoms with Crippen LogP contribution in [0.4, 0.5) is 5.69 Å². The van der Waals surface area contributed by atoms with E-state index >= 15 is 0 Å². The van der Waals surface area contributed by atoms with Crippen LogP contribution in [0.5, 0.6) is 0 Å². The van der Waals surface area contributed by atoms with Gasteiger partial charge in [-0.1, -0.05) is 17.3 Å². The van der Waals surface area contributed by atoms with Gasteiger partial charge in [0.15, 0.2) is 5.69 Å². The Morgan fingerprint density at radius 3 is 2.67 bits per heavy atom. The molecule has 2 aromatic rings. The van der Waals surface area contributed by atoms with Crippen molar-refractivity contribution >= 4 is 29.9 Å². The number of nitrogens with one attached hydrogen (secondary N) is 2. The Labute approximate surface area is 145 Å². The van der Waals surface area contributed by atoms with Crippen molar-refractivity contribution in [2.24, 2.45) is 5.73 Å². The van der Waals surface area contributed by atoms with Crippen LogP contribution in [0, 0.1) is 0 Å². The topological polar surface area (TPSA) is 115 Å². The van der Waals surface area contributed by atoms with E-state index < -0.39 is 11.8 Å². The molecule has 0 aliphatic carbocycles. The van der Waals surface area contributed by atoms with E-state index in [0.717, 1.165) is 25.9 Å². The van der Waals surface area contributed by atoms with Crippen molar-refractivity contribution in [3.05, 3.63) is 41.7 Å². The van der Waals surface area contributed by atoms with Crippen molar-refractivity contribution in [3.8, 4) is 0 Å². The summed E-state index contributed by atoms with van der Waals surface area (Å²) in [5.41, 5.74) is 6.13. The van der Waals surface area contributed by atoms with Gasteiger partial charge in [0.25, 0.3) is 11.8 Å². The van der Waals surface area contributed by atoms with E-state index in [-0.39, 0.29) is 29.7 Å². The lowest BCUT2D eigenvalue weighted by Crippen LogP contribution is -2.29. The molecule has 2 heterocycles. The first-order chi connectivity index (χ1) is 11.1. The van der Waals surface area contributed by atoms with E-state index in [1.807, 2.05) is 0 Å². The van der Waals surface area contributed by atoms with Gasteiger partial charge in [0, 0.05) is 0 Å². The minimum Gasteiger partial charge on any atom is -0.366 e. The van der Waals surface area contributed by atoms with Crippen LogP contribution in [-0.2, 0) is 0 Å². The fourth-order valence-electron chi connectivity index (χ4n) is 2.62. The maximum absolute atomic E-state index is 12.3. The number of halogens is 1. The van der Waals surface area contributed by atoms with Gasteiger partial charge in [-0.05, 0) is 38.1 Å². The van der Waals surface area contributed by atoms with Crippen LogP contribution in [0.2, 0.25) is 0 Å². The van der Waals surface area contributed by atoms with Crippen molar-refractivity contribution in [2.45, 2.75) is 18.9 Å². The zero-order valence-electron chi connectivity index (χ0n) is 12.9. The molecule has 1 fully saturated rings. The summed E-state index contributed by atoms with van der Waals surface area (Å²) in [6, 6.07) is 6.83. The van der Waals surface area contributed by atoms with Crippen LogP contribution in [0.3, 0.4) is 0 Å². The fourth-order valence-corrected chi connectivity index (χ4v) is 2.62. The molecule has 0 bridgehead atoms. The number of primary amides is 1. The highest BCUT2D eigenvalue weighted by Gasteiger charge is 2.19. The average Bonchev–Trinajstić information content (AvgIpc) is 3.06. The third kappa shape index (κ3) is 3.90. The Morgan fingerprint density at radius 2 is 1.96 bits per heavy atom. The second-order valence-corrected chi connectivity index (χ2v) is 5.43. The van der Waals surface area contributed by atoms with Crippen molar-refractivity contribution in [1.82, 2.24) is 20.3 Å². The Balaban J connectivity index is 0.00000208. The third-order valence-electron chi connectivity index (χ3n) is 3.87. The Kier molecular flexibility index (Phi) is 5.88. The zero-order chi connectivity index (χ0) is 16.2. The third-order valence-corrected chi connectivity index (χ3v) is 3.87. The summed E-state index contributed by atoms with van der Waals surface area (Å²) in [4.78, 5) is 23.7. The first kappa shape index (κ1) is 17.9. The van der Waals surface area contributed by atoms with Crippen molar-refractivity contribution in [1.29, 1.82) is 0 Å². The molecule has 2 amide bonds. The van der Waals surface area contributed by atoms with Crippen molar-refractivity contribution < 1.29 is 9.59 Å². The van der Waals surface area contributed by atoms with Gasteiger partial charge in [0.05, 0.1) is 23.5 Å². The molecule has 8 nitrogen and oxygen atoms in total. The quantitative estimate of drug-likeness (QED) is 0.760. The Bertz CT molecular complexity index is 726. The summed E-state index contributed by atoms with van der Waals surface area (Å²) >= 11 is 0. The minimum absolute atomic E-state index is 0. The SMILES string of the molecule is Cl.NC(=O)c1ccccc1NC(=O)c1cn(C2CCNCC2)nn1. The minimum atomic E-state index is -0.598. The van der Waals surface area contributed by atoms with Gasteiger partial charge in [0.2, 0.25) is 0 Å². The molecule has 0 atom stereocenters. The normalized spacial score (nSPS) is 14.7. The van der Waals surface area contributed by atoms with Crippen LogP contribution < -0.4 is 16.4 Å². The average molecular weight is 351 g/mol. The molecule has 24 heavy (non-hydrogen) atoms. The van der Waals surface area contributed by atoms with Gasteiger partial charge in [0.1, 0.15) is 0 Å². The first-order valence-electron chi connectivity index (χ1n) is 7.48. The summed E-state index contributed by atoms with van der Waals surface area (Å²) in [6.45, 7) is 1.86. The molecule has 0 radical (unpaired) electrons. The number of hydrogen-bond acceptors (Lipinski definition) is 5. The Morgan fingerprint density at radius 1 is 1.25 bits per heavy atom. The lowest BCUT2D eigenvalue weighted by molar-refractivity contribution is 0.100. The molecule has 0 unspecified atom stereocenters. The largest absolute Gasteiger partial charge is 0.366 e. The lowest BCUT2D eigenvalue weighted by atomic mass is 10.1. The van der Waals surface area contributed by atoms with Gasteiger partial charge in [-0.3, -0.25) is 9.59 Å². The summed E-state index contributed by atoms with van der Waals surface area (Å²) in [7, 11) is 0. The maximum Gasteiger partial charge on any atom is 0.277 e. The summed E-state index contributed by atoms with van der Waals surface area (Å²) in [5, 5.41) is 13.9. The summed E-state index contributed by atoms with van der Waals surface area (Å²) in [5.74, 6) is -1.02. The maximum atomic E-state index is 12.3. The molecule has 1 aliphatic heterocycles. The lowest BCUT2D eigenvalue weighted by Gasteiger charge is -2.22. The van der Waals surface area contributed by atoms with Gasteiger partial charge in [-0.25, -0.2) is 4.68 Å². The fraction of sp³-hybridized carbons (Fsp3) is 0.333. The predicted molar refractivity (Wildman–Crippen MR) is 91.3 cm³/mol. The molecular weight excluding hydrogens is 332 g/mol. The molecule has 1 aliphatic rings. The monoisotopic (exact) mass is 350 g/mol. The molecule has 1 aromatic carbocycles. The highest BCUT2D eigenvalue weighted by molar-refractivity contribution is 6.07. The molecule has 128 valence electrons. The van der Waals surface area contributed by atoms with E-state index in [9.17, 15) is 9.59 Å². The van der Waals surface area contributed by atoms with Gasteiger partial charge in [-0.2, -0.15) is 0 Å². The number of para-hydroxylation sites is 1. The number of aromatic nitrogens is 3. The summed E-state index contributed by atoms with van der Waals surface area (Å²) < 4.78 is 1.73.